The van der Waals surface area contributed by atoms with Crippen LogP contribution in [-0.2, 0) is 0 Å². The van der Waals surface area contributed by atoms with Crippen molar-refractivity contribution in [2.75, 3.05) is 36.0 Å². The predicted octanol–water partition coefficient (Wildman–Crippen LogP) is 12.1. The van der Waals surface area contributed by atoms with Crippen molar-refractivity contribution in [3.05, 3.63) is 221 Å². The van der Waals surface area contributed by atoms with E-state index in [9.17, 15) is 42.9 Å². The Labute approximate surface area is 625 Å². The van der Waals surface area contributed by atoms with Crippen molar-refractivity contribution in [2.24, 2.45) is 0 Å². The summed E-state index contributed by atoms with van der Waals surface area (Å²) >= 11 is 3.66. The SMILES string of the molecule is CC([O-])=CC(=O)c1cccs1.CC([O-])=CC(=O)c1cccs1.CCN(CC)c1ccc(-c2nc(-n3nc(C)cc3C)nc(-n3nc(C)cc3C)n2)cc1.CCN(CC)c1ccc(-c2nc(-n3nc(C)cc3C)nc(-n3nc(C)cc3C)n2)cc1.O=C(C=C([O-])C(F)(F)F)c1cccs1.[Eu+3]. The van der Waals surface area contributed by atoms with Gasteiger partial charge in [-0.1, -0.05) is 32.0 Å². The van der Waals surface area contributed by atoms with Crippen LogP contribution in [0.25, 0.3) is 46.6 Å². The number of hydrogen-bond acceptors (Lipinski definition) is 21. The van der Waals surface area contributed by atoms with E-state index in [0.29, 0.717) is 45.2 Å². The third-order valence-electron chi connectivity index (χ3n) is 14.0. The molecule has 29 heteroatoms. The van der Waals surface area contributed by atoms with E-state index in [0.717, 1.165) is 106 Å². The molecule has 0 radical (unpaired) electrons. The number of allylic oxidation sites excluding steroid dienone is 6. The molecule has 0 saturated heterocycles. The van der Waals surface area contributed by atoms with Crippen LogP contribution < -0.4 is 25.1 Å². The second kappa shape index (κ2) is 36.7. The Balaban J connectivity index is 0.000000210. The van der Waals surface area contributed by atoms with Gasteiger partial charge in [-0.2, -0.15) is 63.5 Å². The minimum Gasteiger partial charge on any atom is -0.876 e. The maximum absolute atomic E-state index is 11.7. The van der Waals surface area contributed by atoms with Crippen molar-refractivity contribution in [1.82, 2.24) is 69.0 Å². The molecule has 0 unspecified atom stereocenters. The van der Waals surface area contributed by atoms with E-state index in [1.54, 1.807) is 59.1 Å². The van der Waals surface area contributed by atoms with Gasteiger partial charge < -0.3 is 25.1 Å². The Morgan fingerprint density at radius 3 is 0.899 bits per heavy atom. The fourth-order valence-electron chi connectivity index (χ4n) is 9.53. The first kappa shape index (κ1) is 79.0. The number of benzene rings is 2. The number of anilines is 2. The zero-order valence-corrected chi connectivity index (χ0v) is 61.9. The molecule has 0 spiro atoms. The molecule has 99 heavy (non-hydrogen) atoms. The Morgan fingerprint density at radius 2 is 0.697 bits per heavy atom. The zero-order valence-electron chi connectivity index (χ0n) is 57.0. The van der Waals surface area contributed by atoms with E-state index in [1.807, 2.05) is 79.7 Å². The number of ketones is 3. The largest absolute Gasteiger partial charge is 3.00 e. The van der Waals surface area contributed by atoms with Crippen LogP contribution in [0.2, 0.25) is 0 Å². The smallest absolute Gasteiger partial charge is 0.876 e. The van der Waals surface area contributed by atoms with Crippen LogP contribution in [0.5, 0.6) is 0 Å². The maximum atomic E-state index is 11.7. The van der Waals surface area contributed by atoms with E-state index in [2.05, 4.69) is 106 Å². The molecule has 22 nitrogen and oxygen atoms in total. The molecule has 0 amide bonds. The summed E-state index contributed by atoms with van der Waals surface area (Å²) in [5.74, 6) is -0.767. The monoisotopic (exact) mass is 1540 g/mol. The maximum Gasteiger partial charge on any atom is 3.00 e. The molecule has 9 heterocycles. The van der Waals surface area contributed by atoms with Gasteiger partial charge in [-0.05, 0) is 214 Å². The molecule has 11 rings (SSSR count). The molecule has 0 aliphatic rings. The van der Waals surface area contributed by atoms with Crippen molar-refractivity contribution < 1.29 is 92.3 Å². The van der Waals surface area contributed by atoms with Gasteiger partial charge in [0.15, 0.2) is 29.0 Å². The molecule has 9 aromatic heterocycles. The molecule has 0 aliphatic carbocycles. The molecule has 0 fully saturated rings. The third-order valence-corrected chi connectivity index (χ3v) is 16.7. The Kier molecular flexibility index (Phi) is 29.3. The molecule has 0 N–H and O–H groups in total. The van der Waals surface area contributed by atoms with Crippen LogP contribution in [0.15, 0.2) is 161 Å². The summed E-state index contributed by atoms with van der Waals surface area (Å²) < 4.78 is 42.2. The summed E-state index contributed by atoms with van der Waals surface area (Å²) in [6.45, 7) is 31.0. The number of carbonyl (C=O) groups excluding carboxylic acids is 3. The second-order valence-corrected chi connectivity index (χ2v) is 24.7. The number of carbonyl (C=O) groups is 3. The molecule has 2 aromatic carbocycles. The number of hydrogen-bond donors (Lipinski definition) is 0. The van der Waals surface area contributed by atoms with Crippen molar-refractivity contribution in [3.8, 4) is 46.6 Å². The van der Waals surface area contributed by atoms with Crippen molar-refractivity contribution in [2.45, 2.75) is 103 Å². The minimum absolute atomic E-state index is 0. The molecule has 0 atom stereocenters. The molecular weight excluding hydrogens is 1470 g/mol. The molecule has 0 aliphatic heterocycles. The number of aryl methyl sites for hydroxylation is 8. The van der Waals surface area contributed by atoms with Crippen LogP contribution in [0.4, 0.5) is 24.5 Å². The molecule has 0 saturated carbocycles. The van der Waals surface area contributed by atoms with Gasteiger partial charge in [0.1, 0.15) is 0 Å². The Bertz CT molecular complexity index is 4160. The summed E-state index contributed by atoms with van der Waals surface area (Å²) in [6.07, 6.45) is -2.71. The first-order valence-electron chi connectivity index (χ1n) is 30.9. The molecule has 0 bridgehead atoms. The van der Waals surface area contributed by atoms with Crippen LogP contribution in [-0.4, -0.2) is 119 Å². The average molecular weight is 1540 g/mol. The van der Waals surface area contributed by atoms with E-state index in [4.69, 9.17) is 29.9 Å². The van der Waals surface area contributed by atoms with Gasteiger partial charge in [-0.25, -0.2) is 18.7 Å². The Morgan fingerprint density at radius 1 is 0.434 bits per heavy atom. The molecule has 516 valence electrons. The minimum atomic E-state index is -4.98. The van der Waals surface area contributed by atoms with Gasteiger partial charge in [0.25, 0.3) is 23.8 Å². The first-order chi connectivity index (χ1) is 46.6. The molecule has 11 aromatic rings. The number of halogens is 3. The zero-order chi connectivity index (χ0) is 71.5. The van der Waals surface area contributed by atoms with Crippen LogP contribution in [0.1, 0.15) is 116 Å². The topological polar surface area (TPSA) is 275 Å². The van der Waals surface area contributed by atoms with Gasteiger partial charge in [0, 0.05) is 71.5 Å². The van der Waals surface area contributed by atoms with Gasteiger partial charge in [0.2, 0.25) is 0 Å². The van der Waals surface area contributed by atoms with Crippen LogP contribution in [0.3, 0.4) is 0 Å². The second-order valence-electron chi connectivity index (χ2n) is 21.9. The number of alkyl halides is 3. The number of thiophene rings is 3. The Hall–Kier alpha value is -9.00. The van der Waals surface area contributed by atoms with E-state index in [1.165, 1.54) is 60.0 Å². The van der Waals surface area contributed by atoms with E-state index < -0.39 is 17.7 Å². The van der Waals surface area contributed by atoms with Gasteiger partial charge >= 0.3 is 55.6 Å². The summed E-state index contributed by atoms with van der Waals surface area (Å²) in [5, 5.41) is 54.7. The third kappa shape index (κ3) is 22.3. The quantitative estimate of drug-likeness (QED) is 0.0438. The average Bonchev–Trinajstić information content (AvgIpc) is 1.77. The standard InChI is InChI=1S/2C23H28N8.C8H5F3O2S.2C8H8O2S.Eu/c2*1-7-29(8-2)20-11-9-19(10-12-20)21-24-22(30-17(5)13-15(3)27-30)26-23(25-21)31-18(6)14-16(4)28-31;9-8(10,11)7(13)4-5(12)6-2-1-3-14-6;2*1-6(9)5-7(10)8-3-2-4-11-8;/h2*9-14H,7-8H2,1-6H3;1-4,13H;2*2-5,9H,1H3;/q;;;;;+3/p-3. The summed E-state index contributed by atoms with van der Waals surface area (Å²) in [7, 11) is 0. The molecular formula is C70H74EuF3N16O6S3. The van der Waals surface area contributed by atoms with Crippen LogP contribution >= 0.6 is 34.0 Å². The van der Waals surface area contributed by atoms with Gasteiger partial charge in [-0.3, -0.25) is 14.4 Å². The number of nitrogens with zero attached hydrogens (tertiary/aromatic N) is 16. The summed E-state index contributed by atoms with van der Waals surface area (Å²) in [4.78, 5) is 67.4. The van der Waals surface area contributed by atoms with E-state index in [-0.39, 0.29) is 83.4 Å². The normalized spacial score (nSPS) is 11.4. The number of aromatic nitrogens is 14. The fraction of sp³-hybridized carbons (Fsp3) is 0.271. The van der Waals surface area contributed by atoms with Crippen molar-refractivity contribution in [1.29, 1.82) is 0 Å². The first-order valence-corrected chi connectivity index (χ1v) is 33.5. The van der Waals surface area contributed by atoms with Crippen molar-refractivity contribution >= 4 is 62.7 Å². The fourth-order valence-corrected chi connectivity index (χ4v) is 11.4. The predicted molar refractivity (Wildman–Crippen MR) is 372 cm³/mol. The summed E-state index contributed by atoms with van der Waals surface area (Å²) in [5.41, 5.74) is 11.7. The van der Waals surface area contributed by atoms with E-state index >= 15 is 0 Å². The van der Waals surface area contributed by atoms with Crippen LogP contribution in [0, 0.1) is 105 Å². The summed E-state index contributed by atoms with van der Waals surface area (Å²) in [6, 6.07) is 34.5. The van der Waals surface area contributed by atoms with Gasteiger partial charge in [-0.15, -0.1) is 45.5 Å². The van der Waals surface area contributed by atoms with Gasteiger partial charge in [0.05, 0.1) is 37.4 Å². The van der Waals surface area contributed by atoms with Crippen molar-refractivity contribution in [3.63, 3.8) is 0 Å². The number of rotatable bonds is 18.